The molecular formula is C30H29FN4O3. The molecule has 0 saturated heterocycles. The number of nitrogens with zero attached hydrogens (tertiary/aromatic N) is 2. The monoisotopic (exact) mass is 512 g/mol. The van der Waals surface area contributed by atoms with Gasteiger partial charge in [0.15, 0.2) is 5.78 Å². The van der Waals surface area contributed by atoms with Crippen molar-refractivity contribution >= 4 is 17.4 Å². The number of aromatic nitrogens is 2. The number of pyridine rings is 2. The molecule has 0 spiro atoms. The Balaban J connectivity index is 1.76. The second-order valence-electron chi connectivity index (χ2n) is 8.99. The molecule has 0 radical (unpaired) electrons. The van der Waals surface area contributed by atoms with Crippen molar-refractivity contribution < 1.29 is 14.0 Å². The molecule has 2 aromatic carbocycles. The molecule has 4 aromatic rings. The number of ketones is 1. The lowest BCUT2D eigenvalue weighted by atomic mass is 10.0. The number of carbonyl (C=O) groups excluding carboxylic acids is 2. The molecule has 2 aromatic heterocycles. The number of anilines is 1. The first-order valence-electron chi connectivity index (χ1n) is 12.4. The molecule has 1 amide bonds. The maximum absolute atomic E-state index is 13.6. The van der Waals surface area contributed by atoms with Gasteiger partial charge in [0.1, 0.15) is 11.5 Å². The van der Waals surface area contributed by atoms with Crippen LogP contribution in [0.4, 0.5) is 10.1 Å². The summed E-state index contributed by atoms with van der Waals surface area (Å²) in [7, 11) is 1.67. The highest BCUT2D eigenvalue weighted by molar-refractivity contribution is 6.08. The van der Waals surface area contributed by atoms with E-state index in [1.54, 1.807) is 42.9 Å². The van der Waals surface area contributed by atoms with E-state index in [0.717, 1.165) is 17.5 Å². The summed E-state index contributed by atoms with van der Waals surface area (Å²) in [5, 5.41) is 5.57. The minimum atomic E-state index is -0.484. The fraction of sp³-hybridized carbons (Fsp3) is 0.200. The molecule has 4 rings (SSSR count). The lowest BCUT2D eigenvalue weighted by molar-refractivity contribution is -0.117. The Hall–Kier alpha value is -4.43. The molecule has 38 heavy (non-hydrogen) atoms. The third-order valence-electron chi connectivity index (χ3n) is 6.39. The first-order valence-corrected chi connectivity index (χ1v) is 12.4. The number of rotatable bonds is 9. The second-order valence-corrected chi connectivity index (χ2v) is 8.99. The predicted molar refractivity (Wildman–Crippen MR) is 146 cm³/mol. The highest BCUT2D eigenvalue weighted by atomic mass is 19.1. The number of aryl methyl sites for hydroxylation is 1. The molecule has 1 atom stereocenters. The molecule has 7 nitrogen and oxygen atoms in total. The van der Waals surface area contributed by atoms with Gasteiger partial charge in [0.05, 0.1) is 18.3 Å². The van der Waals surface area contributed by atoms with Crippen molar-refractivity contribution in [2.75, 3.05) is 12.4 Å². The summed E-state index contributed by atoms with van der Waals surface area (Å²) < 4.78 is 14.9. The summed E-state index contributed by atoms with van der Waals surface area (Å²) in [5.41, 5.74) is 3.70. The van der Waals surface area contributed by atoms with Crippen LogP contribution < -0.4 is 16.2 Å². The van der Waals surface area contributed by atoms with E-state index >= 15 is 0 Å². The number of benzene rings is 2. The molecule has 0 aliphatic carbocycles. The van der Waals surface area contributed by atoms with Crippen LogP contribution in [-0.2, 0) is 17.8 Å². The average Bonchev–Trinajstić information content (AvgIpc) is 2.94. The predicted octanol–water partition coefficient (Wildman–Crippen LogP) is 4.44. The number of nitrogens with one attached hydrogen (secondary N) is 2. The molecule has 0 saturated carbocycles. The molecular weight excluding hydrogens is 483 g/mol. The Morgan fingerprint density at radius 1 is 0.974 bits per heavy atom. The van der Waals surface area contributed by atoms with Gasteiger partial charge in [-0.15, -0.1) is 0 Å². The molecule has 0 aliphatic heterocycles. The maximum atomic E-state index is 13.6. The molecule has 8 heteroatoms. The Kier molecular flexibility index (Phi) is 8.23. The van der Waals surface area contributed by atoms with Crippen molar-refractivity contribution in [3.63, 3.8) is 0 Å². The van der Waals surface area contributed by atoms with Gasteiger partial charge in [0.25, 0.3) is 5.56 Å². The zero-order chi connectivity index (χ0) is 27.2. The van der Waals surface area contributed by atoms with E-state index in [1.807, 2.05) is 24.3 Å². The summed E-state index contributed by atoms with van der Waals surface area (Å²) in [6.45, 7) is 3.88. The van der Waals surface area contributed by atoms with Gasteiger partial charge in [-0.3, -0.25) is 19.4 Å². The number of likely N-dealkylation sites (N-methyl/N-ethyl adjacent to an activating group) is 1. The van der Waals surface area contributed by atoms with E-state index in [0.29, 0.717) is 22.4 Å². The lowest BCUT2D eigenvalue weighted by Gasteiger charge is -2.17. The molecule has 0 fully saturated rings. The van der Waals surface area contributed by atoms with Crippen LogP contribution in [0.5, 0.6) is 0 Å². The van der Waals surface area contributed by atoms with Crippen LogP contribution in [0.15, 0.2) is 83.9 Å². The van der Waals surface area contributed by atoms with Crippen LogP contribution in [0.25, 0.3) is 11.3 Å². The fourth-order valence-electron chi connectivity index (χ4n) is 4.05. The molecule has 2 heterocycles. The van der Waals surface area contributed by atoms with Gasteiger partial charge < -0.3 is 15.2 Å². The van der Waals surface area contributed by atoms with Crippen LogP contribution in [0.2, 0.25) is 0 Å². The SMILES string of the molecule is CCc1cccc(-c2ccc(NC(=O)C(C)NC)c(=O)n2Cc2cncc(C(=O)c3ccc(F)cc3)c2)c1. The van der Waals surface area contributed by atoms with E-state index in [1.165, 1.54) is 30.5 Å². The van der Waals surface area contributed by atoms with E-state index in [9.17, 15) is 18.8 Å². The van der Waals surface area contributed by atoms with Gasteiger partial charge in [-0.1, -0.05) is 25.1 Å². The molecule has 0 aliphatic rings. The number of amides is 1. The summed E-state index contributed by atoms with van der Waals surface area (Å²) in [5.74, 6) is -1.06. The third-order valence-corrected chi connectivity index (χ3v) is 6.39. The molecule has 2 N–H and O–H groups in total. The van der Waals surface area contributed by atoms with Crippen molar-refractivity contribution in [2.24, 2.45) is 0 Å². The van der Waals surface area contributed by atoms with E-state index < -0.39 is 11.9 Å². The average molecular weight is 513 g/mol. The standard InChI is InChI=1S/C30H29FN4O3/c1-4-20-6-5-7-23(14-20)27-13-12-26(34-29(37)19(2)32-3)30(38)35(27)18-21-15-24(17-33-16-21)28(36)22-8-10-25(31)11-9-22/h5-17,19,32H,4,18H2,1-3H3,(H,34,37). The van der Waals surface area contributed by atoms with E-state index in [2.05, 4.69) is 22.5 Å². The molecule has 0 bridgehead atoms. The van der Waals surface area contributed by atoms with Crippen molar-refractivity contribution in [1.29, 1.82) is 0 Å². The number of carbonyl (C=O) groups is 2. The normalized spacial score (nSPS) is 11.7. The van der Waals surface area contributed by atoms with Gasteiger partial charge >= 0.3 is 0 Å². The first-order chi connectivity index (χ1) is 18.3. The highest BCUT2D eigenvalue weighted by Crippen LogP contribution is 2.23. The van der Waals surface area contributed by atoms with Crippen LogP contribution in [-0.4, -0.2) is 34.3 Å². The number of hydrogen-bond donors (Lipinski definition) is 2. The van der Waals surface area contributed by atoms with E-state index in [4.69, 9.17) is 0 Å². The Labute approximate surface area is 220 Å². The minimum Gasteiger partial charge on any atom is -0.320 e. The second kappa shape index (κ2) is 11.7. The summed E-state index contributed by atoms with van der Waals surface area (Å²) in [6, 6.07) is 17.8. The van der Waals surface area contributed by atoms with Crippen LogP contribution in [0, 0.1) is 5.82 Å². The Morgan fingerprint density at radius 2 is 1.74 bits per heavy atom. The van der Waals surface area contributed by atoms with E-state index in [-0.39, 0.29) is 29.5 Å². The van der Waals surface area contributed by atoms with Gasteiger partial charge in [0.2, 0.25) is 5.91 Å². The smallest absolute Gasteiger partial charge is 0.275 e. The quantitative estimate of drug-likeness (QED) is 0.324. The summed E-state index contributed by atoms with van der Waals surface area (Å²) in [4.78, 5) is 43.3. The summed E-state index contributed by atoms with van der Waals surface area (Å²) >= 11 is 0. The molecule has 194 valence electrons. The zero-order valence-electron chi connectivity index (χ0n) is 21.5. The lowest BCUT2D eigenvalue weighted by Crippen LogP contribution is -2.37. The van der Waals surface area contributed by atoms with Gasteiger partial charge in [-0.05, 0) is 85.6 Å². The van der Waals surface area contributed by atoms with Gasteiger partial charge in [0, 0.05) is 23.5 Å². The largest absolute Gasteiger partial charge is 0.320 e. The van der Waals surface area contributed by atoms with Gasteiger partial charge in [-0.2, -0.15) is 0 Å². The molecule has 1 unspecified atom stereocenters. The van der Waals surface area contributed by atoms with Crippen molar-refractivity contribution in [3.8, 4) is 11.3 Å². The maximum Gasteiger partial charge on any atom is 0.275 e. The Morgan fingerprint density at radius 3 is 2.45 bits per heavy atom. The number of hydrogen-bond acceptors (Lipinski definition) is 5. The first kappa shape index (κ1) is 26.6. The van der Waals surface area contributed by atoms with Crippen molar-refractivity contribution in [2.45, 2.75) is 32.9 Å². The van der Waals surface area contributed by atoms with Crippen LogP contribution in [0.3, 0.4) is 0 Å². The van der Waals surface area contributed by atoms with Crippen molar-refractivity contribution in [3.05, 3.63) is 118 Å². The Bertz CT molecular complexity index is 1530. The van der Waals surface area contributed by atoms with Crippen molar-refractivity contribution in [1.82, 2.24) is 14.9 Å². The minimum absolute atomic E-state index is 0.118. The third kappa shape index (κ3) is 5.92. The van der Waals surface area contributed by atoms with Crippen LogP contribution >= 0.6 is 0 Å². The fourth-order valence-corrected chi connectivity index (χ4v) is 4.05. The zero-order valence-corrected chi connectivity index (χ0v) is 21.5. The van der Waals surface area contributed by atoms with Gasteiger partial charge in [-0.25, -0.2) is 4.39 Å². The van der Waals surface area contributed by atoms with Crippen LogP contribution in [0.1, 0.15) is 40.9 Å². The topological polar surface area (TPSA) is 93.1 Å². The highest BCUT2D eigenvalue weighted by Gasteiger charge is 2.17. The summed E-state index contributed by atoms with van der Waals surface area (Å²) in [6.07, 6.45) is 3.87. The number of halogens is 1.